The zero-order valence-electron chi connectivity index (χ0n) is 14.6. The minimum atomic E-state index is -4.60. The standard InChI is InChI=1S/C18H16F5NO3S/c1-26-6-7-27-15-4-2-11(18(21,22)23)8-14(15)24-17(25)10-28-16-5-3-12(19)9-13(16)20/h2-5,8-9H,6-7,10H2,1H3,(H,24,25). The van der Waals surface area contributed by atoms with Crippen molar-refractivity contribution >= 4 is 23.4 Å². The number of hydrogen-bond donors (Lipinski definition) is 1. The molecule has 2 aromatic rings. The molecule has 0 fully saturated rings. The van der Waals surface area contributed by atoms with Gasteiger partial charge in [0.1, 0.15) is 24.0 Å². The van der Waals surface area contributed by atoms with Crippen LogP contribution in [0.25, 0.3) is 0 Å². The SMILES string of the molecule is COCCOc1ccc(C(F)(F)F)cc1NC(=O)CSc1ccc(F)cc1F. The molecule has 0 saturated heterocycles. The first-order valence-electron chi connectivity index (χ1n) is 7.91. The van der Waals surface area contributed by atoms with Crippen LogP contribution in [0.1, 0.15) is 5.56 Å². The largest absolute Gasteiger partial charge is 0.489 e. The maximum atomic E-state index is 13.6. The van der Waals surface area contributed by atoms with Crippen LogP contribution in [-0.2, 0) is 15.7 Å². The molecule has 0 radical (unpaired) electrons. The van der Waals surface area contributed by atoms with Crippen molar-refractivity contribution in [2.75, 3.05) is 31.4 Å². The third-order valence-corrected chi connectivity index (χ3v) is 4.43. The number of carbonyl (C=O) groups excluding carboxylic acids is 1. The van der Waals surface area contributed by atoms with Gasteiger partial charge < -0.3 is 14.8 Å². The summed E-state index contributed by atoms with van der Waals surface area (Å²) in [5.74, 6) is -2.52. The van der Waals surface area contributed by atoms with Gasteiger partial charge in [-0.1, -0.05) is 0 Å². The van der Waals surface area contributed by atoms with Crippen LogP contribution in [-0.4, -0.2) is 32.0 Å². The summed E-state index contributed by atoms with van der Waals surface area (Å²) < 4.78 is 75.5. The van der Waals surface area contributed by atoms with Crippen LogP contribution in [0.3, 0.4) is 0 Å². The quantitative estimate of drug-likeness (QED) is 0.380. The number of hydrogen-bond acceptors (Lipinski definition) is 4. The Bertz CT molecular complexity index is 829. The number of nitrogens with one attached hydrogen (secondary N) is 1. The molecular weight excluding hydrogens is 405 g/mol. The molecule has 0 heterocycles. The summed E-state index contributed by atoms with van der Waals surface area (Å²) in [6, 6.07) is 5.57. The lowest BCUT2D eigenvalue weighted by Gasteiger charge is -2.15. The van der Waals surface area contributed by atoms with E-state index in [4.69, 9.17) is 9.47 Å². The summed E-state index contributed by atoms with van der Waals surface area (Å²) in [6.45, 7) is 0.272. The van der Waals surface area contributed by atoms with Crippen molar-refractivity contribution in [3.05, 3.63) is 53.6 Å². The third kappa shape index (κ3) is 6.38. The van der Waals surface area contributed by atoms with Crippen LogP contribution in [0.4, 0.5) is 27.6 Å². The average molecular weight is 421 g/mol. The second-order valence-electron chi connectivity index (χ2n) is 5.46. The molecule has 0 bridgehead atoms. The van der Waals surface area contributed by atoms with Gasteiger partial charge >= 0.3 is 6.18 Å². The van der Waals surface area contributed by atoms with E-state index in [2.05, 4.69) is 5.32 Å². The molecule has 0 aliphatic heterocycles. The van der Waals surface area contributed by atoms with E-state index >= 15 is 0 Å². The Labute approximate surface area is 162 Å². The van der Waals surface area contributed by atoms with Crippen LogP contribution in [0.15, 0.2) is 41.3 Å². The van der Waals surface area contributed by atoms with Crippen LogP contribution < -0.4 is 10.1 Å². The van der Waals surface area contributed by atoms with E-state index < -0.39 is 29.3 Å². The Balaban J connectivity index is 2.11. The highest BCUT2D eigenvalue weighted by molar-refractivity contribution is 8.00. The molecule has 4 nitrogen and oxygen atoms in total. The van der Waals surface area contributed by atoms with Gasteiger partial charge in [0.2, 0.25) is 5.91 Å². The molecule has 2 rings (SSSR count). The minimum Gasteiger partial charge on any atom is -0.489 e. The molecule has 10 heteroatoms. The lowest BCUT2D eigenvalue weighted by atomic mass is 10.1. The molecular formula is C18H16F5NO3S. The number of methoxy groups -OCH3 is 1. The van der Waals surface area contributed by atoms with Crippen molar-refractivity contribution in [3.8, 4) is 5.75 Å². The number of anilines is 1. The zero-order valence-corrected chi connectivity index (χ0v) is 15.4. The number of ether oxygens (including phenoxy) is 2. The minimum absolute atomic E-state index is 0.0383. The van der Waals surface area contributed by atoms with E-state index in [-0.39, 0.29) is 35.3 Å². The van der Waals surface area contributed by atoms with Gasteiger partial charge in [0, 0.05) is 18.1 Å². The highest BCUT2D eigenvalue weighted by Gasteiger charge is 2.31. The van der Waals surface area contributed by atoms with Crippen LogP contribution in [0.2, 0.25) is 0 Å². The molecule has 0 aromatic heterocycles. The van der Waals surface area contributed by atoms with Gasteiger partial charge in [0.05, 0.1) is 23.6 Å². The summed E-state index contributed by atoms with van der Waals surface area (Å²) in [6.07, 6.45) is -4.60. The summed E-state index contributed by atoms with van der Waals surface area (Å²) in [5, 5.41) is 2.33. The van der Waals surface area contributed by atoms with E-state index in [1.807, 2.05) is 0 Å². The van der Waals surface area contributed by atoms with Gasteiger partial charge in [0.15, 0.2) is 0 Å². The first kappa shape index (κ1) is 22.0. The van der Waals surface area contributed by atoms with Crippen LogP contribution in [0.5, 0.6) is 5.75 Å². The van der Waals surface area contributed by atoms with Crippen molar-refractivity contribution in [1.82, 2.24) is 0 Å². The van der Waals surface area contributed by atoms with Crippen molar-refractivity contribution < 1.29 is 36.2 Å². The van der Waals surface area contributed by atoms with E-state index in [0.717, 1.165) is 36.0 Å². The topological polar surface area (TPSA) is 47.6 Å². The molecule has 0 unspecified atom stereocenters. The monoisotopic (exact) mass is 421 g/mol. The van der Waals surface area contributed by atoms with Gasteiger partial charge in [-0.25, -0.2) is 8.78 Å². The molecule has 1 N–H and O–H groups in total. The predicted molar refractivity (Wildman–Crippen MR) is 94.5 cm³/mol. The Morgan fingerprint density at radius 3 is 2.50 bits per heavy atom. The molecule has 0 aliphatic carbocycles. The van der Waals surface area contributed by atoms with Gasteiger partial charge in [0.25, 0.3) is 0 Å². The summed E-state index contributed by atoms with van der Waals surface area (Å²) in [5.41, 5.74) is -1.13. The fraction of sp³-hybridized carbons (Fsp3) is 0.278. The molecule has 2 aromatic carbocycles. The number of alkyl halides is 3. The van der Waals surface area contributed by atoms with Gasteiger partial charge in [-0.3, -0.25) is 4.79 Å². The Kier molecular flexibility index (Phi) is 7.64. The normalized spacial score (nSPS) is 11.4. The fourth-order valence-electron chi connectivity index (χ4n) is 2.09. The van der Waals surface area contributed by atoms with Gasteiger partial charge in [-0.05, 0) is 30.3 Å². The molecule has 152 valence electrons. The predicted octanol–water partition coefficient (Wildman–Crippen LogP) is 4.74. The van der Waals surface area contributed by atoms with Crippen molar-refractivity contribution in [3.63, 3.8) is 0 Å². The fourth-order valence-corrected chi connectivity index (χ4v) is 2.81. The van der Waals surface area contributed by atoms with E-state index in [9.17, 15) is 26.7 Å². The molecule has 0 saturated carbocycles. The second-order valence-corrected chi connectivity index (χ2v) is 6.48. The second kappa shape index (κ2) is 9.74. The van der Waals surface area contributed by atoms with Crippen LogP contribution in [0, 0.1) is 11.6 Å². The summed E-state index contributed by atoms with van der Waals surface area (Å²) in [4.78, 5) is 12.2. The number of thioether (sulfide) groups is 1. The Morgan fingerprint density at radius 1 is 1.11 bits per heavy atom. The first-order valence-corrected chi connectivity index (χ1v) is 8.90. The molecule has 0 aliphatic rings. The van der Waals surface area contributed by atoms with E-state index in [0.29, 0.717) is 6.07 Å². The first-order chi connectivity index (χ1) is 13.2. The molecule has 1 amide bonds. The average Bonchev–Trinajstić information content (AvgIpc) is 2.61. The van der Waals surface area contributed by atoms with E-state index in [1.165, 1.54) is 13.2 Å². The van der Waals surface area contributed by atoms with Crippen molar-refractivity contribution in [2.45, 2.75) is 11.1 Å². The van der Waals surface area contributed by atoms with Crippen molar-refractivity contribution in [1.29, 1.82) is 0 Å². The number of amides is 1. The number of carbonyl (C=O) groups is 1. The van der Waals surface area contributed by atoms with E-state index in [1.54, 1.807) is 0 Å². The lowest BCUT2D eigenvalue weighted by Crippen LogP contribution is -2.17. The molecule has 0 atom stereocenters. The smallest absolute Gasteiger partial charge is 0.416 e. The highest BCUT2D eigenvalue weighted by atomic mass is 32.2. The third-order valence-electron chi connectivity index (χ3n) is 3.38. The summed E-state index contributed by atoms with van der Waals surface area (Å²) in [7, 11) is 1.44. The maximum absolute atomic E-state index is 13.6. The molecule has 28 heavy (non-hydrogen) atoms. The lowest BCUT2D eigenvalue weighted by molar-refractivity contribution is -0.137. The maximum Gasteiger partial charge on any atom is 0.416 e. The Morgan fingerprint density at radius 2 is 1.86 bits per heavy atom. The number of benzene rings is 2. The highest BCUT2D eigenvalue weighted by Crippen LogP contribution is 2.35. The molecule has 0 spiro atoms. The summed E-state index contributed by atoms with van der Waals surface area (Å²) >= 11 is 0.783. The number of rotatable bonds is 8. The van der Waals surface area contributed by atoms with Gasteiger partial charge in [-0.15, -0.1) is 11.8 Å². The number of halogens is 5. The zero-order chi connectivity index (χ0) is 20.7. The van der Waals surface area contributed by atoms with Crippen LogP contribution >= 0.6 is 11.8 Å². The Hall–Kier alpha value is -2.33. The van der Waals surface area contributed by atoms with Gasteiger partial charge in [-0.2, -0.15) is 13.2 Å². The van der Waals surface area contributed by atoms with Crippen molar-refractivity contribution in [2.24, 2.45) is 0 Å².